The first-order valence-corrected chi connectivity index (χ1v) is 7.30. The summed E-state index contributed by atoms with van der Waals surface area (Å²) in [5.41, 5.74) is 6.94. The third-order valence-corrected chi connectivity index (χ3v) is 4.07. The van der Waals surface area contributed by atoms with Crippen molar-refractivity contribution in [2.45, 2.75) is 11.9 Å². The lowest BCUT2D eigenvalue weighted by Gasteiger charge is -2.12. The average molecular weight is 293 g/mol. The standard InChI is InChI=1S/C13H15N3O3S/c1-9-8-10(19-2)5-6-12(9)16-20(17,18)13-11(14)4-3-7-15-13/h3-8,16H,14H2,1-2H3. The van der Waals surface area contributed by atoms with Gasteiger partial charge in [0, 0.05) is 6.20 Å². The lowest BCUT2D eigenvalue weighted by atomic mass is 10.2. The predicted molar refractivity (Wildman–Crippen MR) is 77.2 cm³/mol. The molecule has 3 N–H and O–H groups in total. The molecule has 0 saturated heterocycles. The minimum atomic E-state index is -3.81. The Morgan fingerprint density at radius 3 is 2.65 bits per heavy atom. The van der Waals surface area contributed by atoms with Gasteiger partial charge in [-0.1, -0.05) is 0 Å². The normalized spacial score (nSPS) is 11.1. The van der Waals surface area contributed by atoms with Gasteiger partial charge in [-0.15, -0.1) is 0 Å². The number of pyridine rings is 1. The first kappa shape index (κ1) is 14.1. The van der Waals surface area contributed by atoms with Crippen LogP contribution in [0.1, 0.15) is 5.56 Å². The average Bonchev–Trinajstić information content (AvgIpc) is 2.41. The van der Waals surface area contributed by atoms with Crippen molar-refractivity contribution in [1.29, 1.82) is 0 Å². The summed E-state index contributed by atoms with van der Waals surface area (Å²) >= 11 is 0. The van der Waals surface area contributed by atoms with E-state index in [1.807, 2.05) is 0 Å². The van der Waals surface area contributed by atoms with Crippen LogP contribution in [0.3, 0.4) is 0 Å². The molecule has 2 aromatic rings. The molecular formula is C13H15N3O3S. The molecule has 0 radical (unpaired) electrons. The summed E-state index contributed by atoms with van der Waals surface area (Å²) in [4.78, 5) is 3.81. The maximum atomic E-state index is 12.2. The van der Waals surface area contributed by atoms with Crippen molar-refractivity contribution in [3.05, 3.63) is 42.1 Å². The molecule has 106 valence electrons. The van der Waals surface area contributed by atoms with Gasteiger partial charge < -0.3 is 10.5 Å². The van der Waals surface area contributed by atoms with Crippen molar-refractivity contribution in [3.8, 4) is 5.75 Å². The second-order valence-electron chi connectivity index (χ2n) is 4.18. The third-order valence-electron chi connectivity index (χ3n) is 2.73. The largest absolute Gasteiger partial charge is 0.497 e. The predicted octanol–water partition coefficient (Wildman–Crippen LogP) is 1.78. The molecule has 20 heavy (non-hydrogen) atoms. The third kappa shape index (κ3) is 2.83. The molecule has 1 aromatic heterocycles. The van der Waals surface area contributed by atoms with Gasteiger partial charge in [-0.05, 0) is 42.8 Å². The van der Waals surface area contributed by atoms with E-state index in [9.17, 15) is 8.42 Å². The Kier molecular flexibility index (Phi) is 3.80. The summed E-state index contributed by atoms with van der Waals surface area (Å²) in [6.45, 7) is 1.78. The Labute approximate surface area is 117 Å². The molecule has 6 nitrogen and oxygen atoms in total. The number of methoxy groups -OCH3 is 1. The summed E-state index contributed by atoms with van der Waals surface area (Å²) in [7, 11) is -2.26. The van der Waals surface area contributed by atoms with Gasteiger partial charge in [0.15, 0.2) is 5.03 Å². The molecule has 0 aliphatic heterocycles. The van der Waals surface area contributed by atoms with Crippen LogP contribution in [0.4, 0.5) is 11.4 Å². The molecule has 0 aliphatic carbocycles. The number of benzene rings is 1. The fraction of sp³-hybridized carbons (Fsp3) is 0.154. The van der Waals surface area contributed by atoms with Gasteiger partial charge in [0.05, 0.1) is 18.5 Å². The van der Waals surface area contributed by atoms with Crippen LogP contribution in [-0.4, -0.2) is 20.5 Å². The molecule has 0 fully saturated rings. The van der Waals surface area contributed by atoms with Crippen LogP contribution in [0.5, 0.6) is 5.75 Å². The number of nitrogens with one attached hydrogen (secondary N) is 1. The number of sulfonamides is 1. The Hall–Kier alpha value is -2.28. The quantitative estimate of drug-likeness (QED) is 0.896. The van der Waals surface area contributed by atoms with Gasteiger partial charge in [-0.25, -0.2) is 4.98 Å². The van der Waals surface area contributed by atoms with Crippen LogP contribution >= 0.6 is 0 Å². The number of hydrogen-bond acceptors (Lipinski definition) is 5. The molecule has 0 unspecified atom stereocenters. The first-order valence-electron chi connectivity index (χ1n) is 5.82. The minimum absolute atomic E-state index is 0.103. The zero-order valence-corrected chi connectivity index (χ0v) is 11.9. The maximum Gasteiger partial charge on any atom is 0.281 e. The monoisotopic (exact) mass is 293 g/mol. The molecular weight excluding hydrogens is 278 g/mol. The number of nitrogens with zero attached hydrogens (tertiary/aromatic N) is 1. The molecule has 0 amide bonds. The summed E-state index contributed by atoms with van der Waals surface area (Å²) < 4.78 is 32.0. The van der Waals surface area contributed by atoms with E-state index < -0.39 is 10.0 Å². The zero-order valence-electron chi connectivity index (χ0n) is 11.1. The van der Waals surface area contributed by atoms with E-state index >= 15 is 0 Å². The number of nitrogen functional groups attached to an aromatic ring is 1. The highest BCUT2D eigenvalue weighted by Gasteiger charge is 2.19. The van der Waals surface area contributed by atoms with Gasteiger partial charge in [0.25, 0.3) is 10.0 Å². The van der Waals surface area contributed by atoms with E-state index in [0.717, 1.165) is 5.56 Å². The van der Waals surface area contributed by atoms with E-state index in [0.29, 0.717) is 11.4 Å². The van der Waals surface area contributed by atoms with Crippen molar-refractivity contribution in [1.82, 2.24) is 4.98 Å². The fourth-order valence-corrected chi connectivity index (χ4v) is 2.89. The highest BCUT2D eigenvalue weighted by atomic mass is 32.2. The first-order chi connectivity index (χ1) is 9.44. The van der Waals surface area contributed by atoms with Crippen LogP contribution in [0.25, 0.3) is 0 Å². The number of nitrogens with two attached hydrogens (primary N) is 1. The Bertz CT molecular complexity index is 729. The fourth-order valence-electron chi connectivity index (χ4n) is 1.70. The number of aryl methyl sites for hydroxylation is 1. The number of rotatable bonds is 4. The SMILES string of the molecule is COc1ccc(NS(=O)(=O)c2ncccc2N)c(C)c1. The highest BCUT2D eigenvalue weighted by Crippen LogP contribution is 2.24. The lowest BCUT2D eigenvalue weighted by Crippen LogP contribution is -2.16. The van der Waals surface area contributed by atoms with Crippen molar-refractivity contribution < 1.29 is 13.2 Å². The van der Waals surface area contributed by atoms with E-state index in [1.54, 1.807) is 38.3 Å². The number of aromatic nitrogens is 1. The van der Waals surface area contributed by atoms with Gasteiger partial charge in [0.2, 0.25) is 0 Å². The molecule has 1 aromatic carbocycles. The smallest absolute Gasteiger partial charge is 0.281 e. The van der Waals surface area contributed by atoms with Crippen LogP contribution in [0, 0.1) is 6.92 Å². The maximum absolute atomic E-state index is 12.2. The zero-order chi connectivity index (χ0) is 14.8. The number of hydrogen-bond donors (Lipinski definition) is 2. The van der Waals surface area contributed by atoms with E-state index in [-0.39, 0.29) is 10.7 Å². The Morgan fingerprint density at radius 1 is 1.30 bits per heavy atom. The molecule has 0 spiro atoms. The van der Waals surface area contributed by atoms with E-state index in [2.05, 4.69) is 9.71 Å². The van der Waals surface area contributed by atoms with Gasteiger partial charge >= 0.3 is 0 Å². The van der Waals surface area contributed by atoms with Crippen LogP contribution in [0.2, 0.25) is 0 Å². The second kappa shape index (κ2) is 5.38. The number of ether oxygens (including phenoxy) is 1. The molecule has 7 heteroatoms. The van der Waals surface area contributed by atoms with Crippen LogP contribution in [0.15, 0.2) is 41.6 Å². The minimum Gasteiger partial charge on any atom is -0.497 e. The van der Waals surface area contributed by atoms with Crippen molar-refractivity contribution >= 4 is 21.4 Å². The van der Waals surface area contributed by atoms with E-state index in [1.165, 1.54) is 12.3 Å². The second-order valence-corrected chi connectivity index (χ2v) is 5.78. The van der Waals surface area contributed by atoms with E-state index in [4.69, 9.17) is 10.5 Å². The van der Waals surface area contributed by atoms with Gasteiger partial charge in [-0.3, -0.25) is 4.72 Å². The highest BCUT2D eigenvalue weighted by molar-refractivity contribution is 7.92. The topological polar surface area (TPSA) is 94.3 Å². The molecule has 0 bridgehead atoms. The van der Waals surface area contributed by atoms with Crippen LogP contribution < -0.4 is 15.2 Å². The van der Waals surface area contributed by atoms with Crippen molar-refractivity contribution in [2.75, 3.05) is 17.6 Å². The lowest BCUT2D eigenvalue weighted by molar-refractivity contribution is 0.414. The summed E-state index contributed by atoms with van der Waals surface area (Å²) in [6.07, 6.45) is 1.38. The van der Waals surface area contributed by atoms with Crippen LogP contribution in [-0.2, 0) is 10.0 Å². The Balaban J connectivity index is 2.36. The van der Waals surface area contributed by atoms with Gasteiger partial charge in [0.1, 0.15) is 5.75 Å². The number of anilines is 2. The molecule has 0 aliphatic rings. The summed E-state index contributed by atoms with van der Waals surface area (Å²) in [5.74, 6) is 0.655. The Morgan fingerprint density at radius 2 is 2.05 bits per heavy atom. The summed E-state index contributed by atoms with van der Waals surface area (Å²) in [5, 5.41) is -0.185. The summed E-state index contributed by atoms with van der Waals surface area (Å²) in [6, 6.07) is 8.10. The van der Waals surface area contributed by atoms with Gasteiger partial charge in [-0.2, -0.15) is 8.42 Å². The van der Waals surface area contributed by atoms with Crippen molar-refractivity contribution in [2.24, 2.45) is 0 Å². The molecule has 2 rings (SSSR count). The molecule has 0 atom stereocenters. The molecule has 1 heterocycles. The molecule has 0 saturated carbocycles. The van der Waals surface area contributed by atoms with Crippen molar-refractivity contribution in [3.63, 3.8) is 0 Å².